The molecular weight excluding hydrogens is 332 g/mol. The Kier molecular flexibility index (Phi) is 4.71. The summed E-state index contributed by atoms with van der Waals surface area (Å²) < 4.78 is 53.5. The van der Waals surface area contributed by atoms with Crippen LogP contribution in [0.2, 0.25) is 0 Å². The van der Waals surface area contributed by atoms with E-state index in [-0.39, 0.29) is 5.92 Å². The minimum absolute atomic E-state index is 0.0646. The fourth-order valence-corrected chi connectivity index (χ4v) is 3.48. The zero-order chi connectivity index (χ0) is 18.5. The first-order chi connectivity index (χ1) is 11.5. The number of hydrogen-bond donors (Lipinski definition) is 0. The summed E-state index contributed by atoms with van der Waals surface area (Å²) in [5.74, 6) is 0.0646. The van der Waals surface area contributed by atoms with Gasteiger partial charge in [-0.1, -0.05) is 24.3 Å². The van der Waals surface area contributed by atoms with Crippen molar-refractivity contribution >= 4 is 12.6 Å². The molecule has 138 valence electrons. The molecule has 0 N–H and O–H groups in total. The summed E-state index contributed by atoms with van der Waals surface area (Å²) in [5, 5.41) is 0. The molecule has 1 saturated carbocycles. The summed E-state index contributed by atoms with van der Waals surface area (Å²) in [6, 6.07) is 7.79. The van der Waals surface area contributed by atoms with Crippen LogP contribution in [0, 0.1) is 0 Å². The van der Waals surface area contributed by atoms with Crippen molar-refractivity contribution in [2.45, 2.75) is 76.5 Å². The number of rotatable bonds is 3. The number of alkyl halides is 3. The Bertz CT molecular complexity index is 614. The van der Waals surface area contributed by atoms with E-state index in [1.165, 1.54) is 0 Å². The molecule has 0 spiro atoms. The van der Waals surface area contributed by atoms with E-state index in [9.17, 15) is 13.2 Å². The second-order valence-electron chi connectivity index (χ2n) is 7.95. The Morgan fingerprint density at radius 1 is 1.08 bits per heavy atom. The van der Waals surface area contributed by atoms with Gasteiger partial charge in [0.1, 0.15) is 0 Å². The normalized spacial score (nSPS) is 28.5. The molecule has 0 bridgehead atoms. The van der Waals surface area contributed by atoms with Crippen molar-refractivity contribution in [1.82, 2.24) is 0 Å². The quantitative estimate of drug-likeness (QED) is 0.762. The van der Waals surface area contributed by atoms with Crippen molar-refractivity contribution in [2.24, 2.45) is 0 Å². The van der Waals surface area contributed by atoms with Crippen molar-refractivity contribution in [3.63, 3.8) is 0 Å². The van der Waals surface area contributed by atoms with Gasteiger partial charge in [0.25, 0.3) is 0 Å². The molecule has 2 fully saturated rings. The fourth-order valence-electron chi connectivity index (χ4n) is 3.48. The molecule has 25 heavy (non-hydrogen) atoms. The molecule has 3 nitrogen and oxygen atoms in total. The van der Waals surface area contributed by atoms with Crippen LogP contribution in [-0.4, -0.2) is 30.8 Å². The monoisotopic (exact) mass is 356 g/mol. The first kappa shape index (κ1) is 18.7. The maximum Gasteiger partial charge on any atom is 0.522 e. The van der Waals surface area contributed by atoms with Gasteiger partial charge in [0, 0.05) is 0 Å². The third-order valence-electron chi connectivity index (χ3n) is 5.59. The summed E-state index contributed by atoms with van der Waals surface area (Å²) in [6.45, 7) is 7.97. The highest BCUT2D eigenvalue weighted by molar-refractivity contribution is 6.62. The standard InChI is InChI=1S/C18H24BF3O3/c1-16(2)17(3,4)25-19(24-16)14-7-5-6-12(10-14)13-8-9-15(11-13)23-18(20,21)22/h5-7,10,13,15H,8-9,11H2,1-4H3/t13-,15?/m1/s1. The molecule has 1 aromatic rings. The summed E-state index contributed by atoms with van der Waals surface area (Å²) in [5.41, 5.74) is 1.07. The van der Waals surface area contributed by atoms with Crippen LogP contribution in [0.25, 0.3) is 0 Å². The predicted octanol–water partition coefficient (Wildman–Crippen LogP) is 4.16. The number of halogens is 3. The second-order valence-corrected chi connectivity index (χ2v) is 7.95. The minimum atomic E-state index is -4.57. The number of ether oxygens (including phenoxy) is 1. The average Bonchev–Trinajstić information content (AvgIpc) is 3.00. The van der Waals surface area contributed by atoms with E-state index >= 15 is 0 Å². The van der Waals surface area contributed by atoms with Crippen molar-refractivity contribution in [3.05, 3.63) is 29.8 Å². The summed E-state index contributed by atoms with van der Waals surface area (Å²) >= 11 is 0. The molecule has 3 rings (SSSR count). The van der Waals surface area contributed by atoms with E-state index in [1.807, 2.05) is 52.0 Å². The van der Waals surface area contributed by atoms with Gasteiger partial charge in [-0.2, -0.15) is 0 Å². The predicted molar refractivity (Wildman–Crippen MR) is 89.7 cm³/mol. The molecule has 1 aromatic carbocycles. The van der Waals surface area contributed by atoms with Crippen LogP contribution in [0.1, 0.15) is 58.4 Å². The SMILES string of the molecule is CC1(C)OB(c2cccc([C@@H]3CCC(OC(F)(F)F)C3)c2)OC1(C)C. The van der Waals surface area contributed by atoms with Gasteiger partial charge < -0.3 is 9.31 Å². The molecule has 2 aliphatic rings. The maximum atomic E-state index is 12.4. The maximum absolute atomic E-state index is 12.4. The molecule has 1 heterocycles. The highest BCUT2D eigenvalue weighted by atomic mass is 19.4. The molecule has 2 atom stereocenters. The van der Waals surface area contributed by atoms with E-state index in [0.717, 1.165) is 11.0 Å². The Morgan fingerprint density at radius 2 is 1.72 bits per heavy atom. The van der Waals surface area contributed by atoms with Gasteiger partial charge in [0.05, 0.1) is 17.3 Å². The number of hydrogen-bond acceptors (Lipinski definition) is 3. The molecule has 1 aliphatic carbocycles. The summed E-state index contributed by atoms with van der Waals surface area (Å²) in [6.07, 6.45) is -3.83. The third-order valence-corrected chi connectivity index (χ3v) is 5.59. The lowest BCUT2D eigenvalue weighted by Gasteiger charge is -2.32. The Hall–Kier alpha value is -1.05. The largest absolute Gasteiger partial charge is 0.522 e. The van der Waals surface area contributed by atoms with Gasteiger partial charge >= 0.3 is 13.5 Å². The van der Waals surface area contributed by atoms with Crippen LogP contribution in [-0.2, 0) is 14.0 Å². The Balaban J connectivity index is 1.71. The lowest BCUT2D eigenvalue weighted by molar-refractivity contribution is -0.341. The molecule has 7 heteroatoms. The highest BCUT2D eigenvalue weighted by Crippen LogP contribution is 2.39. The van der Waals surface area contributed by atoms with Gasteiger partial charge in [-0.3, -0.25) is 4.74 Å². The molecule has 1 saturated heterocycles. The zero-order valence-electron chi connectivity index (χ0n) is 15.0. The van der Waals surface area contributed by atoms with Gasteiger partial charge in [-0.25, -0.2) is 0 Å². The van der Waals surface area contributed by atoms with E-state index in [1.54, 1.807) is 0 Å². The van der Waals surface area contributed by atoms with Crippen molar-refractivity contribution in [3.8, 4) is 0 Å². The van der Waals surface area contributed by atoms with Crippen LogP contribution >= 0.6 is 0 Å². The molecule has 0 aromatic heterocycles. The van der Waals surface area contributed by atoms with Crippen LogP contribution in [0.5, 0.6) is 0 Å². The lowest BCUT2D eigenvalue weighted by atomic mass is 9.77. The lowest BCUT2D eigenvalue weighted by Crippen LogP contribution is -2.41. The Labute approximate surface area is 147 Å². The van der Waals surface area contributed by atoms with Crippen LogP contribution in [0.4, 0.5) is 13.2 Å². The zero-order valence-corrected chi connectivity index (χ0v) is 15.0. The third kappa shape index (κ3) is 4.04. The van der Waals surface area contributed by atoms with E-state index < -0.39 is 30.8 Å². The van der Waals surface area contributed by atoms with Crippen molar-refractivity contribution in [1.29, 1.82) is 0 Å². The van der Waals surface area contributed by atoms with Gasteiger partial charge in [0.2, 0.25) is 0 Å². The minimum Gasteiger partial charge on any atom is -0.399 e. The highest BCUT2D eigenvalue weighted by Gasteiger charge is 2.51. The molecule has 1 aliphatic heterocycles. The summed E-state index contributed by atoms with van der Waals surface area (Å²) in [7, 11) is -0.464. The molecule has 0 radical (unpaired) electrons. The summed E-state index contributed by atoms with van der Waals surface area (Å²) in [4.78, 5) is 0. The topological polar surface area (TPSA) is 27.7 Å². The smallest absolute Gasteiger partial charge is 0.399 e. The van der Waals surface area contributed by atoms with Crippen LogP contribution in [0.3, 0.4) is 0 Å². The van der Waals surface area contributed by atoms with Crippen molar-refractivity contribution in [2.75, 3.05) is 0 Å². The first-order valence-corrected chi connectivity index (χ1v) is 8.67. The van der Waals surface area contributed by atoms with Crippen molar-refractivity contribution < 1.29 is 27.2 Å². The molecule has 1 unspecified atom stereocenters. The van der Waals surface area contributed by atoms with E-state index in [0.29, 0.717) is 19.3 Å². The fraction of sp³-hybridized carbons (Fsp3) is 0.667. The van der Waals surface area contributed by atoms with E-state index in [4.69, 9.17) is 9.31 Å². The molecular formula is C18H24BF3O3. The van der Waals surface area contributed by atoms with Crippen LogP contribution in [0.15, 0.2) is 24.3 Å². The molecule has 0 amide bonds. The van der Waals surface area contributed by atoms with Crippen LogP contribution < -0.4 is 5.46 Å². The van der Waals surface area contributed by atoms with E-state index in [2.05, 4.69) is 4.74 Å². The first-order valence-electron chi connectivity index (χ1n) is 8.67. The second kappa shape index (κ2) is 6.29. The number of benzene rings is 1. The van der Waals surface area contributed by atoms with Gasteiger partial charge in [0.15, 0.2) is 0 Å². The average molecular weight is 356 g/mol. The Morgan fingerprint density at radius 3 is 2.32 bits per heavy atom. The van der Waals surface area contributed by atoms with Gasteiger partial charge in [-0.05, 0) is 63.9 Å². The van der Waals surface area contributed by atoms with Gasteiger partial charge in [-0.15, -0.1) is 13.2 Å².